The van der Waals surface area contributed by atoms with Crippen molar-refractivity contribution in [3.63, 3.8) is 0 Å². The van der Waals surface area contributed by atoms with Gasteiger partial charge in [0.05, 0.1) is 27.4 Å². The maximum absolute atomic E-state index is 12.6. The van der Waals surface area contributed by atoms with Gasteiger partial charge in [-0.05, 0) is 49.4 Å². The Labute approximate surface area is 148 Å². The molecule has 0 radical (unpaired) electrons. The zero-order chi connectivity index (χ0) is 17.4. The number of aryl methyl sites for hydroxylation is 1. The summed E-state index contributed by atoms with van der Waals surface area (Å²) in [4.78, 5) is 14.0. The molecule has 0 fully saturated rings. The molecule has 1 aromatic carbocycles. The SMILES string of the molecule is O=c1[nH]c2ccc(S(=O)(=O)NCc3n[nH]c4c3CCCCC4)cc2s1. The molecule has 0 amide bonds. The van der Waals surface area contributed by atoms with Crippen molar-refractivity contribution in [3.05, 3.63) is 44.8 Å². The third-order valence-electron chi connectivity index (χ3n) is 4.52. The molecule has 0 spiro atoms. The number of nitrogens with zero attached hydrogens (tertiary/aromatic N) is 1. The van der Waals surface area contributed by atoms with Gasteiger partial charge in [-0.2, -0.15) is 5.10 Å². The third kappa shape index (κ3) is 3.26. The molecule has 2 aromatic heterocycles. The number of aromatic amines is 2. The number of H-pyrrole nitrogens is 2. The summed E-state index contributed by atoms with van der Waals surface area (Å²) in [5.74, 6) is 0. The lowest BCUT2D eigenvalue weighted by Crippen LogP contribution is -2.24. The van der Waals surface area contributed by atoms with Crippen LogP contribution in [0.25, 0.3) is 10.2 Å². The van der Waals surface area contributed by atoms with Crippen LogP contribution in [0.2, 0.25) is 0 Å². The highest BCUT2D eigenvalue weighted by Gasteiger charge is 2.19. The largest absolute Gasteiger partial charge is 0.312 e. The summed E-state index contributed by atoms with van der Waals surface area (Å²) in [7, 11) is -3.67. The average molecular weight is 378 g/mol. The normalized spacial score (nSPS) is 15.2. The molecule has 0 bridgehead atoms. The van der Waals surface area contributed by atoms with Gasteiger partial charge >= 0.3 is 4.87 Å². The van der Waals surface area contributed by atoms with Gasteiger partial charge < -0.3 is 4.98 Å². The molecule has 3 aromatic rings. The van der Waals surface area contributed by atoms with Crippen molar-refractivity contribution in [2.24, 2.45) is 0 Å². The first-order valence-corrected chi connectivity index (χ1v) is 10.5. The Hall–Kier alpha value is -1.97. The summed E-state index contributed by atoms with van der Waals surface area (Å²) in [6, 6.07) is 4.63. The van der Waals surface area contributed by atoms with E-state index >= 15 is 0 Å². The van der Waals surface area contributed by atoms with Gasteiger partial charge in [-0.15, -0.1) is 0 Å². The van der Waals surface area contributed by atoms with E-state index in [1.54, 1.807) is 6.07 Å². The Kier molecular flexibility index (Phi) is 4.22. The Morgan fingerprint density at radius 3 is 2.92 bits per heavy atom. The molecule has 25 heavy (non-hydrogen) atoms. The van der Waals surface area contributed by atoms with E-state index in [2.05, 4.69) is 19.9 Å². The molecule has 0 aliphatic heterocycles. The quantitative estimate of drug-likeness (QED) is 0.604. The molecule has 9 heteroatoms. The summed E-state index contributed by atoms with van der Waals surface area (Å²) in [5.41, 5.74) is 3.70. The van der Waals surface area contributed by atoms with Crippen molar-refractivity contribution in [1.82, 2.24) is 19.9 Å². The number of hydrogen-bond acceptors (Lipinski definition) is 5. The van der Waals surface area contributed by atoms with Gasteiger partial charge in [-0.1, -0.05) is 17.8 Å². The molecule has 2 heterocycles. The van der Waals surface area contributed by atoms with Crippen molar-refractivity contribution in [2.75, 3.05) is 0 Å². The molecule has 4 rings (SSSR count). The van der Waals surface area contributed by atoms with Crippen LogP contribution in [0.5, 0.6) is 0 Å². The molecule has 1 aliphatic carbocycles. The second-order valence-corrected chi connectivity index (χ2v) is 8.97. The second-order valence-electron chi connectivity index (χ2n) is 6.19. The first-order chi connectivity index (χ1) is 12.0. The van der Waals surface area contributed by atoms with Crippen LogP contribution >= 0.6 is 11.3 Å². The third-order valence-corrected chi connectivity index (χ3v) is 6.77. The summed E-state index contributed by atoms with van der Waals surface area (Å²) in [6.07, 6.45) is 5.34. The number of hydrogen-bond donors (Lipinski definition) is 3. The van der Waals surface area contributed by atoms with Gasteiger partial charge in [0.15, 0.2) is 0 Å². The number of fused-ring (bicyclic) bond motifs is 2. The zero-order valence-corrected chi connectivity index (χ0v) is 15.1. The zero-order valence-electron chi connectivity index (χ0n) is 13.5. The molecule has 1 aliphatic rings. The molecule has 0 saturated heterocycles. The van der Waals surface area contributed by atoms with Crippen LogP contribution in [0.1, 0.15) is 36.2 Å². The van der Waals surface area contributed by atoms with E-state index in [0.717, 1.165) is 54.0 Å². The standard InChI is InChI=1S/C16H18N4O3S2/c21-16-18-13-7-6-10(8-15(13)24-16)25(22,23)17-9-14-11-4-2-1-3-5-12(11)19-20-14/h6-8,17H,1-5,9H2,(H,18,21)(H,19,20). The maximum Gasteiger partial charge on any atom is 0.305 e. The Balaban J connectivity index is 1.57. The number of rotatable bonds is 4. The minimum absolute atomic E-state index is 0.150. The van der Waals surface area contributed by atoms with Gasteiger partial charge in [0.25, 0.3) is 0 Å². The summed E-state index contributed by atoms with van der Waals surface area (Å²) in [6.45, 7) is 0.162. The van der Waals surface area contributed by atoms with E-state index in [1.165, 1.54) is 18.6 Å². The lowest BCUT2D eigenvalue weighted by Gasteiger charge is -2.07. The number of sulfonamides is 1. The number of nitrogens with one attached hydrogen (secondary N) is 3. The highest BCUT2D eigenvalue weighted by Crippen LogP contribution is 2.23. The van der Waals surface area contributed by atoms with E-state index in [1.807, 2.05) is 0 Å². The van der Waals surface area contributed by atoms with Gasteiger partial charge in [-0.25, -0.2) is 13.1 Å². The van der Waals surface area contributed by atoms with Crippen molar-refractivity contribution in [1.29, 1.82) is 0 Å². The fourth-order valence-corrected chi connectivity index (χ4v) is 5.08. The van der Waals surface area contributed by atoms with Gasteiger partial charge in [-0.3, -0.25) is 9.89 Å². The second kappa shape index (κ2) is 6.40. The van der Waals surface area contributed by atoms with Crippen LogP contribution in [0.3, 0.4) is 0 Å². The van der Waals surface area contributed by atoms with E-state index in [9.17, 15) is 13.2 Å². The number of benzene rings is 1. The Morgan fingerprint density at radius 1 is 1.20 bits per heavy atom. The lowest BCUT2D eigenvalue weighted by atomic mass is 10.1. The summed E-state index contributed by atoms with van der Waals surface area (Å²) < 4.78 is 28.4. The predicted octanol–water partition coefficient (Wildman–Crippen LogP) is 2.06. The van der Waals surface area contributed by atoms with Gasteiger partial charge in [0.2, 0.25) is 10.0 Å². The Bertz CT molecular complexity index is 1080. The Morgan fingerprint density at radius 2 is 2.04 bits per heavy atom. The van der Waals surface area contributed by atoms with Crippen LogP contribution in [-0.2, 0) is 29.4 Å². The van der Waals surface area contributed by atoms with Crippen LogP contribution < -0.4 is 9.60 Å². The maximum atomic E-state index is 12.6. The van der Waals surface area contributed by atoms with E-state index in [-0.39, 0.29) is 16.3 Å². The first kappa shape index (κ1) is 16.5. The number of thiazole rings is 1. The topological polar surface area (TPSA) is 108 Å². The predicted molar refractivity (Wildman–Crippen MR) is 96.3 cm³/mol. The fourth-order valence-electron chi connectivity index (χ4n) is 3.21. The molecule has 3 N–H and O–H groups in total. The van der Waals surface area contributed by atoms with Gasteiger partial charge in [0.1, 0.15) is 0 Å². The van der Waals surface area contributed by atoms with E-state index < -0.39 is 10.0 Å². The molecular formula is C16H18N4O3S2. The molecular weight excluding hydrogens is 360 g/mol. The minimum Gasteiger partial charge on any atom is -0.312 e. The van der Waals surface area contributed by atoms with Crippen molar-refractivity contribution < 1.29 is 8.42 Å². The lowest BCUT2D eigenvalue weighted by molar-refractivity contribution is 0.580. The first-order valence-electron chi connectivity index (χ1n) is 8.20. The fraction of sp³-hybridized carbons (Fsp3) is 0.375. The molecule has 0 saturated carbocycles. The van der Waals surface area contributed by atoms with E-state index in [0.29, 0.717) is 10.2 Å². The van der Waals surface area contributed by atoms with Crippen LogP contribution in [0.4, 0.5) is 0 Å². The summed E-state index contributed by atoms with van der Waals surface area (Å²) in [5, 5.41) is 7.34. The average Bonchev–Trinajstić information content (AvgIpc) is 3.06. The monoisotopic (exact) mass is 378 g/mol. The minimum atomic E-state index is -3.67. The smallest absolute Gasteiger partial charge is 0.305 e. The highest BCUT2D eigenvalue weighted by atomic mass is 32.2. The highest BCUT2D eigenvalue weighted by molar-refractivity contribution is 7.89. The van der Waals surface area contributed by atoms with Crippen LogP contribution in [0.15, 0.2) is 27.9 Å². The van der Waals surface area contributed by atoms with Crippen molar-refractivity contribution >= 4 is 31.6 Å². The molecule has 7 nitrogen and oxygen atoms in total. The van der Waals surface area contributed by atoms with Crippen LogP contribution in [-0.4, -0.2) is 23.6 Å². The molecule has 0 atom stereocenters. The van der Waals surface area contributed by atoms with Crippen LogP contribution in [0, 0.1) is 0 Å². The molecule has 132 valence electrons. The van der Waals surface area contributed by atoms with Crippen molar-refractivity contribution in [3.8, 4) is 0 Å². The van der Waals surface area contributed by atoms with E-state index in [4.69, 9.17) is 0 Å². The van der Waals surface area contributed by atoms with Gasteiger partial charge in [0, 0.05) is 5.69 Å². The number of aromatic nitrogens is 3. The molecule has 0 unspecified atom stereocenters. The summed E-state index contributed by atoms with van der Waals surface area (Å²) >= 11 is 0.998. The van der Waals surface area contributed by atoms with Crippen molar-refractivity contribution in [2.45, 2.75) is 43.5 Å².